The van der Waals surface area contributed by atoms with E-state index >= 15 is 0 Å². The van der Waals surface area contributed by atoms with E-state index in [0.717, 1.165) is 30.7 Å². The fourth-order valence-electron chi connectivity index (χ4n) is 3.24. The zero-order chi connectivity index (χ0) is 14.9. The number of hydrogen-bond acceptors (Lipinski definition) is 2. The van der Waals surface area contributed by atoms with E-state index in [-0.39, 0.29) is 0 Å². The van der Waals surface area contributed by atoms with Crippen LogP contribution in [0.5, 0.6) is 0 Å². The zero-order valence-corrected chi connectivity index (χ0v) is 12.7. The smallest absolute Gasteiger partial charge is 0.142 e. The highest BCUT2D eigenvalue weighted by Crippen LogP contribution is 2.34. The molecule has 0 amide bonds. The first-order valence-electron chi connectivity index (χ1n) is 7.85. The molecule has 1 atom stereocenters. The van der Waals surface area contributed by atoms with Crippen LogP contribution in [0, 0.1) is 0 Å². The maximum absolute atomic E-state index is 4.95. The van der Waals surface area contributed by atoms with Gasteiger partial charge in [-0.05, 0) is 44.4 Å². The van der Waals surface area contributed by atoms with Gasteiger partial charge < -0.3 is 4.57 Å². The molecule has 110 valence electrons. The number of allylic oxidation sites excluding steroid dienone is 5. The third kappa shape index (κ3) is 2.23. The van der Waals surface area contributed by atoms with Gasteiger partial charge in [-0.1, -0.05) is 29.9 Å². The minimum absolute atomic E-state index is 0.332. The van der Waals surface area contributed by atoms with Crippen molar-refractivity contribution in [3.8, 4) is 11.4 Å². The van der Waals surface area contributed by atoms with E-state index in [9.17, 15) is 0 Å². The Bertz CT molecular complexity index is 779. The van der Waals surface area contributed by atoms with Gasteiger partial charge in [0.05, 0.1) is 17.4 Å². The van der Waals surface area contributed by atoms with E-state index in [0.29, 0.717) is 6.04 Å². The second-order valence-electron chi connectivity index (χ2n) is 5.99. The molecule has 22 heavy (non-hydrogen) atoms. The number of hydrogen-bond donors (Lipinski definition) is 0. The molecule has 4 rings (SSSR count). The summed E-state index contributed by atoms with van der Waals surface area (Å²) in [5, 5.41) is 0. The van der Waals surface area contributed by atoms with Crippen LogP contribution in [0.25, 0.3) is 17.5 Å². The predicted octanol–water partition coefficient (Wildman–Crippen LogP) is 4.35. The van der Waals surface area contributed by atoms with Gasteiger partial charge in [0.2, 0.25) is 0 Å². The van der Waals surface area contributed by atoms with Crippen LogP contribution in [0.2, 0.25) is 0 Å². The number of fused-ring (bicyclic) bond motifs is 1. The van der Waals surface area contributed by atoms with Crippen molar-refractivity contribution in [2.24, 2.45) is 0 Å². The molecule has 2 aliphatic carbocycles. The van der Waals surface area contributed by atoms with Gasteiger partial charge in [-0.15, -0.1) is 0 Å². The highest BCUT2D eigenvalue weighted by atomic mass is 15.1. The molecule has 0 aliphatic heterocycles. The summed E-state index contributed by atoms with van der Waals surface area (Å²) in [4.78, 5) is 9.22. The molecule has 3 nitrogen and oxygen atoms in total. The van der Waals surface area contributed by atoms with Crippen LogP contribution in [0.3, 0.4) is 0 Å². The normalized spacial score (nSPS) is 19.9. The average Bonchev–Trinajstić information content (AvgIpc) is 2.95. The maximum Gasteiger partial charge on any atom is 0.142 e. The van der Waals surface area contributed by atoms with Crippen molar-refractivity contribution in [3.05, 3.63) is 65.8 Å². The Balaban J connectivity index is 1.91. The standard InChI is InChI=1S/C19H19N3/c1-14-9-10-17-18(12-14)22(16-7-3-2-4-8-16)19(21-17)15-6-5-11-20-13-15/h2-7,11-13,16H,8-10H2,1H3. The highest BCUT2D eigenvalue weighted by molar-refractivity contribution is 5.63. The Kier molecular flexibility index (Phi) is 3.26. The molecule has 0 saturated heterocycles. The van der Waals surface area contributed by atoms with Crippen molar-refractivity contribution >= 4 is 6.08 Å². The van der Waals surface area contributed by atoms with Crippen molar-refractivity contribution in [2.45, 2.75) is 32.2 Å². The Morgan fingerprint density at radius 3 is 2.95 bits per heavy atom. The van der Waals surface area contributed by atoms with Crippen LogP contribution in [0.4, 0.5) is 0 Å². The van der Waals surface area contributed by atoms with Gasteiger partial charge in [-0.2, -0.15) is 0 Å². The zero-order valence-electron chi connectivity index (χ0n) is 12.7. The summed E-state index contributed by atoms with van der Waals surface area (Å²) in [6.07, 6.45) is 17.9. The van der Waals surface area contributed by atoms with Crippen LogP contribution >= 0.6 is 0 Å². The Morgan fingerprint density at radius 2 is 2.18 bits per heavy atom. The molecule has 0 spiro atoms. The largest absolute Gasteiger partial charge is 0.317 e. The van der Waals surface area contributed by atoms with Crippen LogP contribution in [0.15, 0.2) is 54.4 Å². The van der Waals surface area contributed by atoms with E-state index in [2.05, 4.69) is 52.9 Å². The Hall–Kier alpha value is -2.42. The quantitative estimate of drug-likeness (QED) is 0.822. The summed E-state index contributed by atoms with van der Waals surface area (Å²) in [5.41, 5.74) is 5.01. The topological polar surface area (TPSA) is 30.7 Å². The van der Waals surface area contributed by atoms with Gasteiger partial charge in [0, 0.05) is 18.0 Å². The lowest BCUT2D eigenvalue weighted by Crippen LogP contribution is -2.12. The number of pyridine rings is 1. The summed E-state index contributed by atoms with van der Waals surface area (Å²) in [5.74, 6) is 1.04. The number of aryl methyl sites for hydroxylation is 1. The van der Waals surface area contributed by atoms with Crippen LogP contribution in [-0.2, 0) is 6.42 Å². The lowest BCUT2D eigenvalue weighted by molar-refractivity contribution is 0.606. The maximum atomic E-state index is 4.95. The van der Waals surface area contributed by atoms with Crippen LogP contribution in [-0.4, -0.2) is 14.5 Å². The molecule has 2 heterocycles. The third-order valence-electron chi connectivity index (χ3n) is 4.37. The first kappa shape index (κ1) is 13.3. The lowest BCUT2D eigenvalue weighted by Gasteiger charge is -2.21. The minimum Gasteiger partial charge on any atom is -0.317 e. The molecule has 0 fully saturated rings. The molecule has 0 radical (unpaired) electrons. The van der Waals surface area contributed by atoms with Crippen molar-refractivity contribution in [2.75, 3.05) is 0 Å². The van der Waals surface area contributed by atoms with Gasteiger partial charge in [-0.25, -0.2) is 4.98 Å². The van der Waals surface area contributed by atoms with E-state index in [1.165, 1.54) is 17.0 Å². The first-order chi connectivity index (χ1) is 10.8. The number of aromatic nitrogens is 3. The number of rotatable bonds is 2. The third-order valence-corrected chi connectivity index (χ3v) is 4.37. The molecule has 0 saturated carbocycles. The summed E-state index contributed by atoms with van der Waals surface area (Å²) >= 11 is 0. The number of imidazole rings is 1. The average molecular weight is 289 g/mol. The molecule has 1 unspecified atom stereocenters. The summed E-state index contributed by atoms with van der Waals surface area (Å²) < 4.78 is 2.38. The second-order valence-corrected chi connectivity index (χ2v) is 5.99. The SMILES string of the molecule is CC1=Cc2c(nc(-c3cccnc3)n2C2C=CC=CC2)CC1. The fraction of sp³-hybridized carbons (Fsp3) is 0.263. The van der Waals surface area contributed by atoms with Crippen LogP contribution < -0.4 is 0 Å². The van der Waals surface area contributed by atoms with Gasteiger partial charge in [0.1, 0.15) is 5.82 Å². The van der Waals surface area contributed by atoms with Gasteiger partial charge in [-0.3, -0.25) is 4.98 Å². The summed E-state index contributed by atoms with van der Waals surface area (Å²) in [6.45, 7) is 2.21. The summed E-state index contributed by atoms with van der Waals surface area (Å²) in [7, 11) is 0. The van der Waals surface area contributed by atoms with E-state index < -0.39 is 0 Å². The fourth-order valence-corrected chi connectivity index (χ4v) is 3.24. The van der Waals surface area contributed by atoms with Crippen molar-refractivity contribution in [1.82, 2.24) is 14.5 Å². The molecule has 0 N–H and O–H groups in total. The molecule has 2 aromatic heterocycles. The molecular formula is C19H19N3. The molecule has 0 bridgehead atoms. The van der Waals surface area contributed by atoms with Gasteiger partial charge in [0.25, 0.3) is 0 Å². The minimum atomic E-state index is 0.332. The summed E-state index contributed by atoms with van der Waals surface area (Å²) in [6, 6.07) is 4.40. The number of nitrogens with zero attached hydrogens (tertiary/aromatic N) is 3. The molecule has 0 aromatic carbocycles. The lowest BCUT2D eigenvalue weighted by atomic mass is 10.0. The molecular weight excluding hydrogens is 270 g/mol. The first-order valence-corrected chi connectivity index (χ1v) is 7.85. The van der Waals surface area contributed by atoms with Gasteiger partial charge >= 0.3 is 0 Å². The van der Waals surface area contributed by atoms with E-state index in [4.69, 9.17) is 4.98 Å². The molecule has 2 aromatic rings. The highest BCUT2D eigenvalue weighted by Gasteiger charge is 2.23. The van der Waals surface area contributed by atoms with Crippen LogP contribution in [0.1, 0.15) is 37.2 Å². The van der Waals surface area contributed by atoms with Crippen molar-refractivity contribution < 1.29 is 0 Å². The predicted molar refractivity (Wildman–Crippen MR) is 89.4 cm³/mol. The second kappa shape index (κ2) is 5.41. The Labute approximate surface area is 130 Å². The van der Waals surface area contributed by atoms with Crippen molar-refractivity contribution in [3.63, 3.8) is 0 Å². The Morgan fingerprint density at radius 1 is 1.23 bits per heavy atom. The molecule has 3 heteroatoms. The van der Waals surface area contributed by atoms with E-state index in [1.54, 1.807) is 0 Å². The van der Waals surface area contributed by atoms with E-state index in [1.807, 2.05) is 18.5 Å². The molecule has 2 aliphatic rings. The van der Waals surface area contributed by atoms with Gasteiger partial charge in [0.15, 0.2) is 0 Å². The monoisotopic (exact) mass is 289 g/mol. The van der Waals surface area contributed by atoms with Crippen molar-refractivity contribution in [1.29, 1.82) is 0 Å².